The Morgan fingerprint density at radius 3 is 1.81 bits per heavy atom. The molecule has 0 aliphatic rings. The molecule has 2 N–H and O–H groups in total. The van der Waals surface area contributed by atoms with Crippen LogP contribution in [-0.2, 0) is 13.0 Å². The van der Waals surface area contributed by atoms with Crippen LogP contribution in [0.3, 0.4) is 0 Å². The number of hydrogen-bond donors (Lipinski definition) is 1. The van der Waals surface area contributed by atoms with Gasteiger partial charge >= 0.3 is 0 Å². The van der Waals surface area contributed by atoms with Gasteiger partial charge in [0, 0.05) is 6.54 Å². The highest BCUT2D eigenvalue weighted by Gasteiger charge is 2.07. The lowest BCUT2D eigenvalue weighted by Crippen LogP contribution is -2.22. The van der Waals surface area contributed by atoms with E-state index in [0.717, 1.165) is 32.6 Å². The van der Waals surface area contributed by atoms with Crippen molar-refractivity contribution in [2.24, 2.45) is 5.73 Å². The SMILES string of the molecule is CC.CCN.CCc1cc(C)c(C)c(CN(CC)CC)c1. The lowest BCUT2D eigenvalue weighted by molar-refractivity contribution is 0.295. The summed E-state index contributed by atoms with van der Waals surface area (Å²) in [5, 5.41) is 0. The molecule has 0 aliphatic heterocycles. The second-order valence-corrected chi connectivity index (χ2v) is 4.92. The van der Waals surface area contributed by atoms with Gasteiger partial charge in [-0.3, -0.25) is 4.90 Å². The summed E-state index contributed by atoms with van der Waals surface area (Å²) in [6.45, 7) is 21.2. The van der Waals surface area contributed by atoms with E-state index in [1.54, 1.807) is 0 Å². The predicted octanol–water partition coefficient (Wildman–Crippen LogP) is 4.70. The summed E-state index contributed by atoms with van der Waals surface area (Å²) in [7, 11) is 0. The van der Waals surface area contributed by atoms with Crippen molar-refractivity contribution in [3.8, 4) is 0 Å². The number of rotatable bonds is 5. The Morgan fingerprint density at radius 1 is 0.952 bits per heavy atom. The fraction of sp³-hybridized carbons (Fsp3) is 0.684. The molecule has 124 valence electrons. The number of nitrogens with two attached hydrogens (primary N) is 1. The van der Waals surface area contributed by atoms with Gasteiger partial charge in [0.1, 0.15) is 0 Å². The zero-order chi connectivity index (χ0) is 16.8. The predicted molar refractivity (Wildman–Crippen MR) is 98.0 cm³/mol. The molecule has 0 aliphatic carbocycles. The van der Waals surface area contributed by atoms with Crippen molar-refractivity contribution in [2.75, 3.05) is 19.6 Å². The van der Waals surface area contributed by atoms with E-state index in [1.807, 2.05) is 20.8 Å². The summed E-state index contributed by atoms with van der Waals surface area (Å²) in [5.74, 6) is 0. The van der Waals surface area contributed by atoms with Crippen LogP contribution in [0.2, 0.25) is 0 Å². The Morgan fingerprint density at radius 2 is 1.43 bits per heavy atom. The second-order valence-electron chi connectivity index (χ2n) is 4.92. The minimum absolute atomic E-state index is 0.750. The highest BCUT2D eigenvalue weighted by molar-refractivity contribution is 5.37. The van der Waals surface area contributed by atoms with Crippen molar-refractivity contribution in [3.63, 3.8) is 0 Å². The molecular weight excluding hydrogens is 256 g/mol. The molecule has 2 nitrogen and oxygen atoms in total. The fourth-order valence-electron chi connectivity index (χ4n) is 2.07. The molecule has 0 unspecified atom stereocenters. The smallest absolute Gasteiger partial charge is 0.0236 e. The molecule has 21 heavy (non-hydrogen) atoms. The van der Waals surface area contributed by atoms with Crippen molar-refractivity contribution in [2.45, 2.75) is 68.4 Å². The molecular formula is C19H38N2. The molecule has 1 aromatic rings. The molecule has 2 heteroatoms. The van der Waals surface area contributed by atoms with Crippen molar-refractivity contribution in [1.82, 2.24) is 4.90 Å². The third-order valence-corrected chi connectivity index (χ3v) is 3.53. The molecule has 0 radical (unpaired) electrons. The van der Waals surface area contributed by atoms with Gasteiger partial charge in [0.2, 0.25) is 0 Å². The Hall–Kier alpha value is -0.860. The average molecular weight is 295 g/mol. The van der Waals surface area contributed by atoms with E-state index in [9.17, 15) is 0 Å². The highest BCUT2D eigenvalue weighted by Crippen LogP contribution is 2.18. The van der Waals surface area contributed by atoms with Crippen LogP contribution in [0.4, 0.5) is 0 Å². The van der Waals surface area contributed by atoms with Crippen molar-refractivity contribution in [1.29, 1.82) is 0 Å². The summed E-state index contributed by atoms with van der Waals surface area (Å²) >= 11 is 0. The summed E-state index contributed by atoms with van der Waals surface area (Å²) < 4.78 is 0. The van der Waals surface area contributed by atoms with Gasteiger partial charge < -0.3 is 5.73 Å². The number of benzene rings is 1. The molecule has 0 heterocycles. The normalized spacial score (nSPS) is 9.62. The van der Waals surface area contributed by atoms with Crippen molar-refractivity contribution >= 4 is 0 Å². The van der Waals surface area contributed by atoms with E-state index in [1.165, 1.54) is 22.3 Å². The Labute approximate surface area is 133 Å². The number of hydrogen-bond acceptors (Lipinski definition) is 2. The topological polar surface area (TPSA) is 29.3 Å². The first-order valence-corrected chi connectivity index (χ1v) is 8.55. The standard InChI is InChI=1S/C15H25N.C2H7N.C2H6/c1-6-14-9-12(4)13(5)15(10-14)11-16(7-2)8-3;1-2-3;1-2/h9-10H,6-8,11H2,1-5H3;2-3H2,1H3;1-2H3. The van der Waals surface area contributed by atoms with E-state index >= 15 is 0 Å². The minimum atomic E-state index is 0.750. The van der Waals surface area contributed by atoms with Gasteiger partial charge in [-0.05, 0) is 62.2 Å². The maximum atomic E-state index is 4.85. The first kappa shape index (κ1) is 22.4. The van der Waals surface area contributed by atoms with Crippen LogP contribution in [0.25, 0.3) is 0 Å². The van der Waals surface area contributed by atoms with Crippen LogP contribution in [0, 0.1) is 13.8 Å². The first-order valence-electron chi connectivity index (χ1n) is 8.55. The quantitative estimate of drug-likeness (QED) is 0.853. The van der Waals surface area contributed by atoms with E-state index in [2.05, 4.69) is 51.7 Å². The van der Waals surface area contributed by atoms with Crippen molar-refractivity contribution < 1.29 is 0 Å². The van der Waals surface area contributed by atoms with Gasteiger partial charge in [-0.2, -0.15) is 0 Å². The zero-order valence-electron chi connectivity index (χ0n) is 15.7. The van der Waals surface area contributed by atoms with Crippen LogP contribution in [0.15, 0.2) is 12.1 Å². The lowest BCUT2D eigenvalue weighted by Gasteiger charge is -2.21. The third-order valence-electron chi connectivity index (χ3n) is 3.53. The second kappa shape index (κ2) is 14.1. The molecule has 0 aromatic heterocycles. The van der Waals surface area contributed by atoms with Gasteiger partial charge in [-0.15, -0.1) is 0 Å². The van der Waals surface area contributed by atoms with E-state index < -0.39 is 0 Å². The first-order chi connectivity index (χ1) is 10.0. The largest absolute Gasteiger partial charge is 0.331 e. The molecule has 0 spiro atoms. The summed E-state index contributed by atoms with van der Waals surface area (Å²) in [6.07, 6.45) is 1.13. The van der Waals surface area contributed by atoms with Gasteiger partial charge in [0.05, 0.1) is 0 Å². The molecule has 0 amide bonds. The maximum absolute atomic E-state index is 4.85. The molecule has 0 saturated carbocycles. The summed E-state index contributed by atoms with van der Waals surface area (Å²) in [4.78, 5) is 2.47. The molecule has 0 fully saturated rings. The van der Waals surface area contributed by atoms with Crippen LogP contribution >= 0.6 is 0 Å². The number of aryl methyl sites for hydroxylation is 2. The van der Waals surface area contributed by atoms with Gasteiger partial charge in [0.15, 0.2) is 0 Å². The fourth-order valence-corrected chi connectivity index (χ4v) is 2.07. The van der Waals surface area contributed by atoms with Crippen LogP contribution in [0.5, 0.6) is 0 Å². The molecule has 1 rings (SSSR count). The average Bonchev–Trinajstić information content (AvgIpc) is 2.51. The summed E-state index contributed by atoms with van der Waals surface area (Å²) in [6, 6.07) is 4.70. The highest BCUT2D eigenvalue weighted by atomic mass is 15.1. The zero-order valence-corrected chi connectivity index (χ0v) is 15.7. The van der Waals surface area contributed by atoms with Crippen LogP contribution < -0.4 is 5.73 Å². The van der Waals surface area contributed by atoms with E-state index in [4.69, 9.17) is 5.73 Å². The lowest BCUT2D eigenvalue weighted by atomic mass is 9.98. The molecule has 0 atom stereocenters. The Kier molecular flexibility index (Phi) is 15.0. The van der Waals surface area contributed by atoms with Crippen molar-refractivity contribution in [3.05, 3.63) is 34.4 Å². The van der Waals surface area contributed by atoms with Gasteiger partial charge in [-0.1, -0.05) is 53.7 Å². The molecule has 0 bridgehead atoms. The van der Waals surface area contributed by atoms with Crippen LogP contribution in [0.1, 0.15) is 63.8 Å². The molecule has 1 aromatic carbocycles. The Balaban J connectivity index is 0. The van der Waals surface area contributed by atoms with Gasteiger partial charge in [0.25, 0.3) is 0 Å². The minimum Gasteiger partial charge on any atom is -0.331 e. The number of nitrogens with zero attached hydrogens (tertiary/aromatic N) is 1. The third kappa shape index (κ3) is 8.90. The van der Waals surface area contributed by atoms with Crippen LogP contribution in [-0.4, -0.2) is 24.5 Å². The molecule has 0 saturated heterocycles. The summed E-state index contributed by atoms with van der Waals surface area (Å²) in [5.41, 5.74) is 10.7. The van der Waals surface area contributed by atoms with Gasteiger partial charge in [-0.25, -0.2) is 0 Å². The maximum Gasteiger partial charge on any atom is 0.0236 e. The Bertz CT molecular complexity index is 355. The van der Waals surface area contributed by atoms with E-state index in [0.29, 0.717) is 0 Å². The monoisotopic (exact) mass is 294 g/mol. The van der Waals surface area contributed by atoms with E-state index in [-0.39, 0.29) is 0 Å².